The molecule has 6 nitrogen and oxygen atoms in total. The number of likely N-dealkylation sites (N-methyl/N-ethyl adjacent to an activating group) is 1. The van der Waals surface area contributed by atoms with E-state index in [-0.39, 0.29) is 12.5 Å². The summed E-state index contributed by atoms with van der Waals surface area (Å²) in [5.41, 5.74) is 1.11. The second kappa shape index (κ2) is 10.3. The molecule has 1 atom stereocenters. The van der Waals surface area contributed by atoms with Crippen LogP contribution in [0.1, 0.15) is 18.9 Å². The van der Waals surface area contributed by atoms with E-state index in [2.05, 4.69) is 17.1 Å². The molecule has 1 aliphatic rings. The van der Waals surface area contributed by atoms with Gasteiger partial charge in [0.05, 0.1) is 20.2 Å². The molecule has 1 saturated heterocycles. The first kappa shape index (κ1) is 20.4. The normalized spacial score (nSPS) is 17.8. The number of thioether (sulfide) groups is 1. The van der Waals surface area contributed by atoms with Crippen molar-refractivity contribution in [3.8, 4) is 5.75 Å². The van der Waals surface area contributed by atoms with E-state index < -0.39 is 0 Å². The van der Waals surface area contributed by atoms with E-state index in [1.807, 2.05) is 36.0 Å². The van der Waals surface area contributed by atoms with E-state index in [0.29, 0.717) is 11.8 Å². The standard InChI is InChI=1S/C19H30N4O2S/c1-5-17-14-23(10-11-26-17)19(21-13-18(24)22(2)3)20-12-15-6-8-16(25-4)9-7-15/h6-9,17H,5,10-14H2,1-4H3,(H,20,21). The predicted octanol–water partition coefficient (Wildman–Crippen LogP) is 2.06. The Balaban J connectivity index is 2.08. The lowest BCUT2D eigenvalue weighted by Crippen LogP contribution is -2.50. The molecular weight excluding hydrogens is 348 g/mol. The summed E-state index contributed by atoms with van der Waals surface area (Å²) < 4.78 is 5.20. The number of hydrogen-bond donors (Lipinski definition) is 1. The van der Waals surface area contributed by atoms with Crippen LogP contribution in [0.5, 0.6) is 5.75 Å². The SMILES string of the molecule is CCC1CN(C(=NCc2ccc(OC)cc2)NCC(=O)N(C)C)CCS1. The van der Waals surface area contributed by atoms with Crippen LogP contribution < -0.4 is 10.1 Å². The Kier molecular flexibility index (Phi) is 8.09. The summed E-state index contributed by atoms with van der Waals surface area (Å²) in [6.45, 7) is 4.97. The van der Waals surface area contributed by atoms with Crippen LogP contribution in [-0.4, -0.2) is 73.5 Å². The zero-order valence-corrected chi connectivity index (χ0v) is 17.0. The third kappa shape index (κ3) is 6.12. The molecule has 144 valence electrons. The summed E-state index contributed by atoms with van der Waals surface area (Å²) in [6, 6.07) is 7.92. The number of methoxy groups -OCH3 is 1. The lowest BCUT2D eigenvalue weighted by Gasteiger charge is -2.34. The van der Waals surface area contributed by atoms with Gasteiger partial charge < -0.3 is 19.9 Å². The number of hydrogen-bond acceptors (Lipinski definition) is 4. The monoisotopic (exact) mass is 378 g/mol. The van der Waals surface area contributed by atoms with E-state index >= 15 is 0 Å². The highest BCUT2D eigenvalue weighted by Gasteiger charge is 2.22. The van der Waals surface area contributed by atoms with Crippen LogP contribution in [0.3, 0.4) is 0 Å². The number of ether oxygens (including phenoxy) is 1. The maximum Gasteiger partial charge on any atom is 0.241 e. The molecule has 2 rings (SSSR count). The second-order valence-corrected chi connectivity index (χ2v) is 7.88. The van der Waals surface area contributed by atoms with Crippen molar-refractivity contribution in [2.75, 3.05) is 46.6 Å². The van der Waals surface area contributed by atoms with Crippen molar-refractivity contribution >= 4 is 23.6 Å². The van der Waals surface area contributed by atoms with Crippen molar-refractivity contribution in [3.05, 3.63) is 29.8 Å². The van der Waals surface area contributed by atoms with Crippen LogP contribution in [0.4, 0.5) is 0 Å². The quantitative estimate of drug-likeness (QED) is 0.607. The maximum atomic E-state index is 12.0. The summed E-state index contributed by atoms with van der Waals surface area (Å²) in [6.07, 6.45) is 1.14. The van der Waals surface area contributed by atoms with Crippen LogP contribution in [0.2, 0.25) is 0 Å². The van der Waals surface area contributed by atoms with Gasteiger partial charge in [-0.05, 0) is 24.1 Å². The zero-order valence-electron chi connectivity index (χ0n) is 16.2. The van der Waals surface area contributed by atoms with Crippen LogP contribution in [-0.2, 0) is 11.3 Å². The first-order valence-corrected chi connectivity index (χ1v) is 10.1. The molecule has 0 saturated carbocycles. The van der Waals surface area contributed by atoms with Crippen molar-refractivity contribution in [3.63, 3.8) is 0 Å². The summed E-state index contributed by atoms with van der Waals surface area (Å²) >= 11 is 2.02. The van der Waals surface area contributed by atoms with Crippen LogP contribution >= 0.6 is 11.8 Å². The Labute approximate surface area is 161 Å². The van der Waals surface area contributed by atoms with Crippen molar-refractivity contribution in [2.24, 2.45) is 4.99 Å². The van der Waals surface area contributed by atoms with Crippen molar-refractivity contribution in [2.45, 2.75) is 25.1 Å². The molecule has 0 radical (unpaired) electrons. The van der Waals surface area contributed by atoms with Crippen LogP contribution in [0, 0.1) is 0 Å². The Bertz CT molecular complexity index is 604. The number of carbonyl (C=O) groups excluding carboxylic acids is 1. The van der Waals surface area contributed by atoms with Crippen molar-refractivity contribution in [1.82, 2.24) is 15.1 Å². The van der Waals surface area contributed by atoms with Gasteiger partial charge in [-0.2, -0.15) is 11.8 Å². The fourth-order valence-corrected chi connectivity index (χ4v) is 3.82. The van der Waals surface area contributed by atoms with Crippen LogP contribution in [0.25, 0.3) is 0 Å². The van der Waals surface area contributed by atoms with E-state index in [1.165, 1.54) is 0 Å². The van der Waals surface area contributed by atoms with Gasteiger partial charge in [0.2, 0.25) is 5.91 Å². The van der Waals surface area contributed by atoms with Gasteiger partial charge in [0.15, 0.2) is 5.96 Å². The van der Waals surface area contributed by atoms with Gasteiger partial charge in [0, 0.05) is 38.2 Å². The van der Waals surface area contributed by atoms with Gasteiger partial charge in [-0.1, -0.05) is 19.1 Å². The third-order valence-corrected chi connectivity index (χ3v) is 5.73. The fourth-order valence-electron chi connectivity index (χ4n) is 2.64. The van der Waals surface area contributed by atoms with E-state index in [4.69, 9.17) is 9.73 Å². The highest BCUT2D eigenvalue weighted by atomic mass is 32.2. The number of carbonyl (C=O) groups is 1. The van der Waals surface area contributed by atoms with Gasteiger partial charge in [-0.15, -0.1) is 0 Å². The first-order valence-electron chi connectivity index (χ1n) is 9.01. The Morgan fingerprint density at radius 3 is 2.73 bits per heavy atom. The zero-order chi connectivity index (χ0) is 18.9. The summed E-state index contributed by atoms with van der Waals surface area (Å²) in [4.78, 5) is 20.6. The molecule has 0 spiro atoms. The highest BCUT2D eigenvalue weighted by molar-refractivity contribution is 8.00. The molecule has 26 heavy (non-hydrogen) atoms. The highest BCUT2D eigenvalue weighted by Crippen LogP contribution is 2.21. The molecule has 1 aromatic carbocycles. The third-order valence-electron chi connectivity index (χ3n) is 4.36. The predicted molar refractivity (Wildman–Crippen MR) is 109 cm³/mol. The number of amides is 1. The molecule has 1 unspecified atom stereocenters. The molecule has 7 heteroatoms. The van der Waals surface area contributed by atoms with E-state index in [1.54, 1.807) is 26.1 Å². The molecule has 1 fully saturated rings. The Morgan fingerprint density at radius 2 is 2.12 bits per heavy atom. The Morgan fingerprint density at radius 1 is 1.38 bits per heavy atom. The average molecular weight is 379 g/mol. The number of nitrogens with zero attached hydrogens (tertiary/aromatic N) is 3. The number of rotatable bonds is 6. The van der Waals surface area contributed by atoms with Crippen molar-refractivity contribution < 1.29 is 9.53 Å². The maximum absolute atomic E-state index is 12.0. The van der Waals surface area contributed by atoms with Gasteiger partial charge in [-0.3, -0.25) is 4.79 Å². The summed E-state index contributed by atoms with van der Waals surface area (Å²) in [5.74, 6) is 2.78. The first-order chi connectivity index (χ1) is 12.5. The minimum absolute atomic E-state index is 0.0422. The lowest BCUT2D eigenvalue weighted by atomic mass is 10.2. The average Bonchev–Trinajstić information content (AvgIpc) is 2.68. The summed E-state index contributed by atoms with van der Waals surface area (Å²) in [7, 11) is 5.20. The molecule has 0 aliphatic carbocycles. The molecule has 0 bridgehead atoms. The molecule has 1 aromatic rings. The topological polar surface area (TPSA) is 57.2 Å². The number of aliphatic imine (C=N–C) groups is 1. The fraction of sp³-hybridized carbons (Fsp3) is 0.579. The van der Waals surface area contributed by atoms with Gasteiger partial charge in [-0.25, -0.2) is 4.99 Å². The lowest BCUT2D eigenvalue weighted by molar-refractivity contribution is -0.127. The minimum atomic E-state index is 0.0422. The molecule has 1 aliphatic heterocycles. The summed E-state index contributed by atoms with van der Waals surface area (Å²) in [5, 5.41) is 3.87. The van der Waals surface area contributed by atoms with Crippen LogP contribution in [0.15, 0.2) is 29.3 Å². The Hall–Kier alpha value is -1.89. The van der Waals surface area contributed by atoms with E-state index in [9.17, 15) is 4.79 Å². The van der Waals surface area contributed by atoms with Gasteiger partial charge in [0.25, 0.3) is 0 Å². The molecule has 1 heterocycles. The largest absolute Gasteiger partial charge is 0.497 e. The number of guanidine groups is 1. The van der Waals surface area contributed by atoms with Gasteiger partial charge in [0.1, 0.15) is 5.75 Å². The molecular formula is C19H30N4O2S. The number of nitrogens with one attached hydrogen (secondary N) is 1. The second-order valence-electron chi connectivity index (χ2n) is 6.48. The van der Waals surface area contributed by atoms with Crippen molar-refractivity contribution in [1.29, 1.82) is 0 Å². The number of benzene rings is 1. The smallest absolute Gasteiger partial charge is 0.241 e. The molecule has 0 aromatic heterocycles. The molecule has 1 N–H and O–H groups in total. The molecule has 1 amide bonds. The minimum Gasteiger partial charge on any atom is -0.497 e. The van der Waals surface area contributed by atoms with E-state index in [0.717, 1.165) is 42.5 Å². The van der Waals surface area contributed by atoms with Gasteiger partial charge >= 0.3 is 0 Å².